The van der Waals surface area contributed by atoms with E-state index < -0.39 is 5.51 Å². The lowest BCUT2D eigenvalue weighted by Gasteiger charge is -2.10. The summed E-state index contributed by atoms with van der Waals surface area (Å²) in [6.07, 6.45) is 1.38. The molecule has 0 aliphatic rings. The number of benzene rings is 2. The van der Waals surface area contributed by atoms with Crippen molar-refractivity contribution in [1.82, 2.24) is 4.98 Å². The molecule has 136 valence electrons. The van der Waals surface area contributed by atoms with Crippen LogP contribution in [0.3, 0.4) is 0 Å². The Morgan fingerprint density at radius 3 is 2.52 bits per heavy atom. The van der Waals surface area contributed by atoms with Gasteiger partial charge in [0.1, 0.15) is 16.6 Å². The van der Waals surface area contributed by atoms with Crippen molar-refractivity contribution in [2.45, 2.75) is 10.4 Å². The lowest BCUT2D eigenvalue weighted by Crippen LogP contribution is -2.01. The second kappa shape index (κ2) is 8.29. The van der Waals surface area contributed by atoms with E-state index in [-0.39, 0.29) is 27.9 Å². The van der Waals surface area contributed by atoms with Gasteiger partial charge in [0.2, 0.25) is 0 Å². The van der Waals surface area contributed by atoms with Crippen molar-refractivity contribution in [1.29, 1.82) is 5.26 Å². The van der Waals surface area contributed by atoms with Gasteiger partial charge < -0.3 is 5.32 Å². The molecule has 1 N–H and O–H groups in total. The maximum atomic E-state index is 12.7. The van der Waals surface area contributed by atoms with Gasteiger partial charge in [-0.25, -0.2) is 4.98 Å². The molecule has 2 aromatic carbocycles. The molecule has 3 nitrogen and oxygen atoms in total. The average molecular weight is 403 g/mol. The van der Waals surface area contributed by atoms with Crippen LogP contribution in [-0.2, 0) is 0 Å². The minimum absolute atomic E-state index is 0.0302. The second-order valence-corrected chi connectivity index (χ2v) is 7.23. The highest BCUT2D eigenvalue weighted by molar-refractivity contribution is 8.00. The topological polar surface area (TPSA) is 48.7 Å². The van der Waals surface area contributed by atoms with Crippen molar-refractivity contribution in [2.75, 3.05) is 5.32 Å². The zero-order valence-electron chi connectivity index (χ0n) is 13.7. The third kappa shape index (κ3) is 5.12. The average Bonchev–Trinajstić information content (AvgIpc) is 3.13. The summed E-state index contributed by atoms with van der Waals surface area (Å²) in [4.78, 5) is 4.48. The number of aromatic nitrogens is 1. The summed E-state index contributed by atoms with van der Waals surface area (Å²) in [5.41, 5.74) is -2.21. The van der Waals surface area contributed by atoms with Gasteiger partial charge >= 0.3 is 5.51 Å². The number of nitriles is 1. The number of nitrogens with zero attached hydrogens (tertiary/aromatic N) is 2. The Bertz CT molecular complexity index is 989. The van der Waals surface area contributed by atoms with Gasteiger partial charge in [-0.1, -0.05) is 42.5 Å². The quantitative estimate of drug-likeness (QED) is 0.396. The summed E-state index contributed by atoms with van der Waals surface area (Å²) < 4.78 is 38.0. The van der Waals surface area contributed by atoms with Crippen LogP contribution in [0.2, 0.25) is 0 Å². The number of nitrogens with one attached hydrogen (secondary N) is 1. The highest BCUT2D eigenvalue weighted by atomic mass is 32.2. The Morgan fingerprint density at radius 2 is 1.81 bits per heavy atom. The van der Waals surface area contributed by atoms with Crippen molar-refractivity contribution in [3.8, 4) is 17.3 Å². The SMILES string of the molecule is N#CC(=CNc1ccccc1SC(F)(F)F)c1nc(-c2ccccc2)cs1. The van der Waals surface area contributed by atoms with Crippen LogP contribution < -0.4 is 5.32 Å². The first kappa shape index (κ1) is 19.0. The van der Waals surface area contributed by atoms with E-state index >= 15 is 0 Å². The third-order valence-corrected chi connectivity index (χ3v) is 5.09. The molecule has 0 aliphatic carbocycles. The molecule has 0 aliphatic heterocycles. The second-order valence-electron chi connectivity index (χ2n) is 5.26. The predicted octanol–water partition coefficient (Wildman–Crippen LogP) is 6.40. The van der Waals surface area contributed by atoms with Gasteiger partial charge in [-0.3, -0.25) is 0 Å². The number of hydrogen-bond donors (Lipinski definition) is 1. The number of hydrogen-bond acceptors (Lipinski definition) is 5. The van der Waals surface area contributed by atoms with Crippen molar-refractivity contribution >= 4 is 34.4 Å². The molecule has 0 saturated carbocycles. The molecule has 3 aromatic rings. The highest BCUT2D eigenvalue weighted by Crippen LogP contribution is 2.40. The fourth-order valence-corrected chi connectivity index (χ4v) is 3.66. The van der Waals surface area contributed by atoms with Gasteiger partial charge in [0.25, 0.3) is 0 Å². The van der Waals surface area contributed by atoms with Gasteiger partial charge in [-0.2, -0.15) is 18.4 Å². The van der Waals surface area contributed by atoms with Crippen molar-refractivity contribution in [3.63, 3.8) is 0 Å². The van der Waals surface area contributed by atoms with Crippen molar-refractivity contribution in [3.05, 3.63) is 71.2 Å². The number of thioether (sulfide) groups is 1. The van der Waals surface area contributed by atoms with Crippen LogP contribution in [0, 0.1) is 11.3 Å². The first-order valence-corrected chi connectivity index (χ1v) is 9.39. The zero-order valence-corrected chi connectivity index (χ0v) is 15.3. The zero-order chi connectivity index (χ0) is 19.3. The van der Waals surface area contributed by atoms with Gasteiger partial charge in [0, 0.05) is 22.0 Å². The number of allylic oxidation sites excluding steroid dienone is 1. The molecule has 27 heavy (non-hydrogen) atoms. The van der Waals surface area contributed by atoms with E-state index in [1.807, 2.05) is 41.8 Å². The largest absolute Gasteiger partial charge is 0.446 e. The molecule has 0 atom stereocenters. The summed E-state index contributed by atoms with van der Waals surface area (Å²) in [5, 5.41) is 14.5. The molecule has 8 heteroatoms. The van der Waals surface area contributed by atoms with Gasteiger partial charge in [-0.05, 0) is 23.9 Å². The van der Waals surface area contributed by atoms with Crippen LogP contribution in [0.15, 0.2) is 71.1 Å². The molecule has 0 fully saturated rings. The van der Waals surface area contributed by atoms with Gasteiger partial charge in [0.15, 0.2) is 0 Å². The summed E-state index contributed by atoms with van der Waals surface area (Å²) in [6, 6.07) is 17.6. The Labute approximate surface area is 162 Å². The Balaban J connectivity index is 1.83. The molecule has 1 heterocycles. The minimum Gasteiger partial charge on any atom is -0.359 e. The van der Waals surface area contributed by atoms with Crippen LogP contribution in [0.4, 0.5) is 18.9 Å². The van der Waals surface area contributed by atoms with Crippen LogP contribution in [0.1, 0.15) is 5.01 Å². The normalized spacial score (nSPS) is 11.9. The highest BCUT2D eigenvalue weighted by Gasteiger charge is 2.30. The van der Waals surface area contributed by atoms with E-state index in [4.69, 9.17) is 0 Å². The molecule has 3 rings (SSSR count). The Hall–Kier alpha value is -2.76. The summed E-state index contributed by atoms with van der Waals surface area (Å²) in [5.74, 6) is 0. The number of para-hydroxylation sites is 1. The first-order valence-electron chi connectivity index (χ1n) is 7.69. The fourth-order valence-electron chi connectivity index (χ4n) is 2.23. The van der Waals surface area contributed by atoms with E-state index in [0.29, 0.717) is 5.01 Å². The van der Waals surface area contributed by atoms with E-state index in [2.05, 4.69) is 10.3 Å². The van der Waals surface area contributed by atoms with Crippen LogP contribution in [-0.4, -0.2) is 10.5 Å². The molecule has 0 spiro atoms. The summed E-state index contributed by atoms with van der Waals surface area (Å²) >= 11 is 1.10. The monoisotopic (exact) mass is 403 g/mol. The lowest BCUT2D eigenvalue weighted by atomic mass is 10.2. The molecule has 0 saturated heterocycles. The molecule has 1 aromatic heterocycles. The van der Waals surface area contributed by atoms with Gasteiger partial charge in [0.05, 0.1) is 11.4 Å². The number of halogens is 3. The van der Waals surface area contributed by atoms with Crippen LogP contribution in [0.5, 0.6) is 0 Å². The first-order chi connectivity index (χ1) is 13.0. The molecule has 0 unspecified atom stereocenters. The standard InChI is InChI=1S/C19H12F3N3S2/c20-19(21,22)27-17-9-5-4-8-15(17)24-11-14(10-23)18-25-16(12-26-18)13-6-2-1-3-7-13/h1-9,11-12,24H. The fraction of sp³-hybridized carbons (Fsp3) is 0.0526. The van der Waals surface area contributed by atoms with Crippen LogP contribution in [0.25, 0.3) is 16.8 Å². The Kier molecular flexibility index (Phi) is 5.84. The molecule has 0 amide bonds. The number of rotatable bonds is 5. The molecular formula is C19H12F3N3S2. The number of alkyl halides is 3. The summed E-state index contributed by atoms with van der Waals surface area (Å²) in [7, 11) is 0. The van der Waals surface area contributed by atoms with E-state index in [1.54, 1.807) is 6.07 Å². The van der Waals surface area contributed by atoms with E-state index in [9.17, 15) is 18.4 Å². The van der Waals surface area contributed by atoms with E-state index in [1.165, 1.54) is 35.7 Å². The molecule has 0 bridgehead atoms. The van der Waals surface area contributed by atoms with Crippen molar-refractivity contribution in [2.24, 2.45) is 0 Å². The van der Waals surface area contributed by atoms with Crippen molar-refractivity contribution < 1.29 is 13.2 Å². The third-order valence-electron chi connectivity index (χ3n) is 3.41. The minimum atomic E-state index is -4.39. The number of anilines is 1. The maximum Gasteiger partial charge on any atom is 0.446 e. The summed E-state index contributed by atoms with van der Waals surface area (Å²) in [6.45, 7) is 0. The lowest BCUT2D eigenvalue weighted by molar-refractivity contribution is -0.0327. The van der Waals surface area contributed by atoms with E-state index in [0.717, 1.165) is 11.3 Å². The van der Waals surface area contributed by atoms with Crippen LogP contribution >= 0.6 is 23.1 Å². The van der Waals surface area contributed by atoms with Gasteiger partial charge in [-0.15, -0.1) is 11.3 Å². The predicted molar refractivity (Wildman–Crippen MR) is 103 cm³/mol. The number of thiazole rings is 1. The maximum absolute atomic E-state index is 12.7. The Morgan fingerprint density at radius 1 is 1.11 bits per heavy atom. The smallest absolute Gasteiger partial charge is 0.359 e. The molecule has 0 radical (unpaired) electrons. The molecular weight excluding hydrogens is 391 g/mol.